The Morgan fingerprint density at radius 1 is 1.11 bits per heavy atom. The molecule has 4 rings (SSSR count). The third-order valence-corrected chi connectivity index (χ3v) is 6.50. The van der Waals surface area contributed by atoms with Crippen molar-refractivity contribution in [2.75, 3.05) is 23.4 Å². The van der Waals surface area contributed by atoms with Crippen LogP contribution in [0.15, 0.2) is 73.3 Å². The highest BCUT2D eigenvalue weighted by atomic mass is 16.5. The first-order valence-corrected chi connectivity index (χ1v) is 12.7. The highest BCUT2D eigenvalue weighted by Crippen LogP contribution is 2.36. The molecule has 2 N–H and O–H groups in total. The quantitative estimate of drug-likeness (QED) is 0.372. The van der Waals surface area contributed by atoms with Gasteiger partial charge in [-0.2, -0.15) is 0 Å². The summed E-state index contributed by atoms with van der Waals surface area (Å²) in [6, 6.07) is 20.7. The van der Waals surface area contributed by atoms with Crippen molar-refractivity contribution >= 4 is 28.9 Å². The predicted octanol–water partition coefficient (Wildman–Crippen LogP) is 6.28. The van der Waals surface area contributed by atoms with Gasteiger partial charge in [0, 0.05) is 11.8 Å². The van der Waals surface area contributed by atoms with Gasteiger partial charge in [-0.25, -0.2) is 4.79 Å². The summed E-state index contributed by atoms with van der Waals surface area (Å²) in [6.45, 7) is 14.3. The first kappa shape index (κ1) is 26.8. The second kappa shape index (κ2) is 11.0. The number of fused-ring (bicyclic) bond motifs is 1. The molecular weight excluding hydrogens is 478 g/mol. The maximum Gasteiger partial charge on any atom is 0.319 e. The second-order valence-corrected chi connectivity index (χ2v) is 10.2. The van der Waals surface area contributed by atoms with E-state index < -0.39 is 11.6 Å². The molecule has 3 aromatic rings. The number of urea groups is 1. The lowest BCUT2D eigenvalue weighted by molar-refractivity contribution is -0.125. The van der Waals surface area contributed by atoms with Gasteiger partial charge in [0.1, 0.15) is 18.1 Å². The van der Waals surface area contributed by atoms with Crippen molar-refractivity contribution in [2.24, 2.45) is 0 Å². The predicted molar refractivity (Wildman–Crippen MR) is 152 cm³/mol. The van der Waals surface area contributed by atoms with Gasteiger partial charge in [-0.05, 0) is 81.6 Å². The minimum atomic E-state index is -0.648. The number of allylic oxidation sites excluding steroid dienone is 1. The summed E-state index contributed by atoms with van der Waals surface area (Å²) in [5.74, 6) is 1.15. The molecule has 1 aliphatic rings. The molecular formula is C31H35N3O4. The summed E-state index contributed by atoms with van der Waals surface area (Å²) in [5, 5.41) is 5.93. The number of hydrogen-bond acceptors (Lipinski definition) is 4. The van der Waals surface area contributed by atoms with Crippen LogP contribution in [0.2, 0.25) is 0 Å². The lowest BCUT2D eigenvalue weighted by atomic mass is 9.92. The largest absolute Gasteiger partial charge is 0.492 e. The van der Waals surface area contributed by atoms with Crippen LogP contribution in [0.25, 0.3) is 5.57 Å². The average Bonchev–Trinajstić information content (AvgIpc) is 2.86. The fourth-order valence-electron chi connectivity index (χ4n) is 4.37. The van der Waals surface area contributed by atoms with E-state index in [1.165, 1.54) is 0 Å². The molecule has 3 aromatic carbocycles. The Labute approximate surface area is 224 Å². The summed E-state index contributed by atoms with van der Waals surface area (Å²) >= 11 is 0. The van der Waals surface area contributed by atoms with E-state index in [0.29, 0.717) is 30.3 Å². The van der Waals surface area contributed by atoms with E-state index in [1.807, 2.05) is 76.2 Å². The standard InChI is InChI=1S/C31H35N3O4/c1-20(2)23-10-8-11-24(18-23)31(5,6)33-30(36)32-25-13-14-27-28(19-25)38-22(4)29(35)34(27)15-16-37-26-12-7-9-21(3)17-26/h7-14,17-19,22H,1,15-16H2,2-6H3,(H2,32,33,36). The number of nitrogens with one attached hydrogen (secondary N) is 2. The van der Waals surface area contributed by atoms with Crippen LogP contribution in [0.5, 0.6) is 11.5 Å². The third-order valence-electron chi connectivity index (χ3n) is 6.50. The van der Waals surface area contributed by atoms with E-state index in [2.05, 4.69) is 17.2 Å². The molecule has 0 saturated heterocycles. The van der Waals surface area contributed by atoms with Crippen LogP contribution in [0.1, 0.15) is 44.4 Å². The van der Waals surface area contributed by atoms with Gasteiger partial charge in [0.15, 0.2) is 6.10 Å². The SMILES string of the molecule is C=C(C)c1cccc(C(C)(C)NC(=O)Nc2ccc3c(c2)OC(C)C(=O)N3CCOc2cccc(C)c2)c1. The average molecular weight is 514 g/mol. The van der Waals surface area contributed by atoms with Crippen LogP contribution < -0.4 is 25.0 Å². The van der Waals surface area contributed by atoms with Crippen molar-refractivity contribution in [3.05, 3.63) is 90.0 Å². The summed E-state index contributed by atoms with van der Waals surface area (Å²) in [6.07, 6.45) is -0.648. The zero-order chi connectivity index (χ0) is 27.4. The van der Waals surface area contributed by atoms with Crippen molar-refractivity contribution in [3.63, 3.8) is 0 Å². The fraction of sp³-hybridized carbons (Fsp3) is 0.290. The monoisotopic (exact) mass is 513 g/mol. The van der Waals surface area contributed by atoms with Crippen LogP contribution >= 0.6 is 0 Å². The highest BCUT2D eigenvalue weighted by Gasteiger charge is 2.32. The Kier molecular flexibility index (Phi) is 7.76. The Bertz CT molecular complexity index is 1360. The smallest absolute Gasteiger partial charge is 0.319 e. The highest BCUT2D eigenvalue weighted by molar-refractivity contribution is 6.00. The summed E-state index contributed by atoms with van der Waals surface area (Å²) in [7, 11) is 0. The maximum absolute atomic E-state index is 12.9. The van der Waals surface area contributed by atoms with Gasteiger partial charge in [-0.15, -0.1) is 0 Å². The number of rotatable bonds is 8. The number of nitrogens with zero attached hydrogens (tertiary/aromatic N) is 1. The second-order valence-electron chi connectivity index (χ2n) is 10.2. The van der Waals surface area contributed by atoms with Crippen LogP contribution in [0.4, 0.5) is 16.2 Å². The zero-order valence-corrected chi connectivity index (χ0v) is 22.6. The Balaban J connectivity index is 1.43. The molecule has 0 aliphatic carbocycles. The number of aryl methyl sites for hydroxylation is 1. The van der Waals surface area contributed by atoms with Crippen molar-refractivity contribution in [1.29, 1.82) is 0 Å². The van der Waals surface area contributed by atoms with E-state index in [-0.39, 0.29) is 11.9 Å². The molecule has 3 amide bonds. The first-order chi connectivity index (χ1) is 18.0. The first-order valence-electron chi connectivity index (χ1n) is 12.7. The van der Waals surface area contributed by atoms with Crippen LogP contribution in [-0.4, -0.2) is 31.2 Å². The van der Waals surface area contributed by atoms with E-state index >= 15 is 0 Å². The number of benzene rings is 3. The van der Waals surface area contributed by atoms with Crippen molar-refractivity contribution in [3.8, 4) is 11.5 Å². The van der Waals surface area contributed by atoms with Gasteiger partial charge < -0.3 is 25.0 Å². The molecule has 0 spiro atoms. The van der Waals surface area contributed by atoms with Crippen molar-refractivity contribution in [1.82, 2.24) is 5.32 Å². The fourth-order valence-corrected chi connectivity index (χ4v) is 4.37. The van der Waals surface area contributed by atoms with Gasteiger partial charge in [-0.1, -0.05) is 42.5 Å². The van der Waals surface area contributed by atoms with Crippen molar-refractivity contribution < 1.29 is 19.1 Å². The normalized spacial score (nSPS) is 14.8. The molecule has 7 nitrogen and oxygen atoms in total. The molecule has 1 aliphatic heterocycles. The molecule has 0 aromatic heterocycles. The van der Waals surface area contributed by atoms with Gasteiger partial charge in [0.2, 0.25) is 0 Å². The van der Waals surface area contributed by atoms with E-state index in [0.717, 1.165) is 28.0 Å². The van der Waals surface area contributed by atoms with Crippen LogP contribution in [-0.2, 0) is 10.3 Å². The van der Waals surface area contributed by atoms with E-state index in [9.17, 15) is 9.59 Å². The molecule has 0 fully saturated rings. The van der Waals surface area contributed by atoms with Gasteiger partial charge in [0.25, 0.3) is 5.91 Å². The van der Waals surface area contributed by atoms with Gasteiger partial charge in [-0.3, -0.25) is 4.79 Å². The number of hydrogen-bond donors (Lipinski definition) is 2. The lowest BCUT2D eigenvalue weighted by Gasteiger charge is -2.33. The summed E-state index contributed by atoms with van der Waals surface area (Å²) in [5.41, 5.74) is 4.66. The number of carbonyl (C=O) groups excluding carboxylic acids is 2. The number of carbonyl (C=O) groups is 2. The Morgan fingerprint density at radius 2 is 1.87 bits per heavy atom. The third kappa shape index (κ3) is 6.17. The number of ether oxygens (including phenoxy) is 2. The number of anilines is 2. The van der Waals surface area contributed by atoms with Crippen LogP contribution in [0.3, 0.4) is 0 Å². The molecule has 0 radical (unpaired) electrons. The maximum atomic E-state index is 12.9. The topological polar surface area (TPSA) is 79.9 Å². The Morgan fingerprint density at radius 3 is 2.61 bits per heavy atom. The molecule has 198 valence electrons. The molecule has 1 unspecified atom stereocenters. The lowest BCUT2D eigenvalue weighted by Crippen LogP contribution is -2.46. The molecule has 1 atom stereocenters. The molecule has 1 heterocycles. The summed E-state index contributed by atoms with van der Waals surface area (Å²) in [4.78, 5) is 27.4. The van der Waals surface area contributed by atoms with Gasteiger partial charge in [0.05, 0.1) is 17.8 Å². The van der Waals surface area contributed by atoms with Gasteiger partial charge >= 0.3 is 6.03 Å². The van der Waals surface area contributed by atoms with E-state index in [1.54, 1.807) is 30.0 Å². The molecule has 0 bridgehead atoms. The minimum Gasteiger partial charge on any atom is -0.492 e. The number of amides is 3. The van der Waals surface area contributed by atoms with Crippen LogP contribution in [0, 0.1) is 6.92 Å². The van der Waals surface area contributed by atoms with Crippen molar-refractivity contribution in [2.45, 2.75) is 46.3 Å². The summed E-state index contributed by atoms with van der Waals surface area (Å²) < 4.78 is 11.7. The molecule has 7 heteroatoms. The zero-order valence-electron chi connectivity index (χ0n) is 22.6. The molecule has 0 saturated carbocycles. The molecule has 38 heavy (non-hydrogen) atoms. The van der Waals surface area contributed by atoms with E-state index in [4.69, 9.17) is 9.47 Å². The minimum absolute atomic E-state index is 0.137. The Hall–Kier alpha value is -4.26.